The Morgan fingerprint density at radius 2 is 1.84 bits per heavy atom. The van der Waals surface area contributed by atoms with E-state index in [-0.39, 0.29) is 17.4 Å². The highest BCUT2D eigenvalue weighted by Gasteiger charge is 2.27. The summed E-state index contributed by atoms with van der Waals surface area (Å²) in [6.07, 6.45) is 1.93. The van der Waals surface area contributed by atoms with Gasteiger partial charge >= 0.3 is 12.1 Å². The van der Waals surface area contributed by atoms with E-state index in [1.807, 2.05) is 19.9 Å². The zero-order valence-corrected chi connectivity index (χ0v) is 17.3. The number of fused-ring (bicyclic) bond motifs is 1. The van der Waals surface area contributed by atoms with Crippen LogP contribution in [0.4, 0.5) is 9.18 Å². The molecule has 0 saturated heterocycles. The number of esters is 1. The first-order chi connectivity index (χ1) is 15.3. The molecule has 0 aliphatic carbocycles. The predicted molar refractivity (Wildman–Crippen MR) is 116 cm³/mol. The highest BCUT2D eigenvalue weighted by atomic mass is 19.1. The van der Waals surface area contributed by atoms with Crippen LogP contribution in [0.3, 0.4) is 0 Å². The van der Waals surface area contributed by atoms with Gasteiger partial charge in [-0.25, -0.2) is 14.0 Å². The number of pyridine rings is 1. The van der Waals surface area contributed by atoms with Crippen LogP contribution in [-0.4, -0.2) is 23.2 Å². The minimum Gasteiger partial charge on any atom is -0.490 e. The number of ether oxygens (including phenoxy) is 2. The highest BCUT2D eigenvalue weighted by molar-refractivity contribution is 6.12. The molecule has 0 atom stereocenters. The fourth-order valence-electron chi connectivity index (χ4n) is 3.37. The summed E-state index contributed by atoms with van der Waals surface area (Å²) in [7, 11) is 0. The quantitative estimate of drug-likeness (QED) is 0.337. The summed E-state index contributed by atoms with van der Waals surface area (Å²) >= 11 is 0. The molecule has 7 nitrogen and oxygen atoms in total. The van der Waals surface area contributed by atoms with Gasteiger partial charge in [0, 0.05) is 34.5 Å². The molecular weight excluding hydrogens is 415 g/mol. The molecule has 32 heavy (non-hydrogen) atoms. The number of rotatable bonds is 5. The summed E-state index contributed by atoms with van der Waals surface area (Å²) < 4.78 is 30.1. The van der Waals surface area contributed by atoms with Crippen LogP contribution in [0.5, 0.6) is 5.75 Å². The Hall–Kier alpha value is -4.20. The average Bonchev–Trinajstić information content (AvgIpc) is 3.12. The molecule has 0 radical (unpaired) electrons. The second kappa shape index (κ2) is 8.50. The number of primary amides is 1. The largest absolute Gasteiger partial charge is 0.490 e. The van der Waals surface area contributed by atoms with E-state index >= 15 is 0 Å². The Labute approximate surface area is 182 Å². The number of nitrogens with two attached hydrogens (primary N) is 1. The number of carbonyl (C=O) groups excluding carboxylic acids is 2. The minimum absolute atomic E-state index is 0.0169. The second-order valence-electron chi connectivity index (χ2n) is 7.27. The number of nitrogens with zero attached hydrogens (tertiary/aromatic N) is 1. The van der Waals surface area contributed by atoms with Gasteiger partial charge in [-0.05, 0) is 56.3 Å². The van der Waals surface area contributed by atoms with Gasteiger partial charge in [0.2, 0.25) is 0 Å². The summed E-state index contributed by atoms with van der Waals surface area (Å²) in [6, 6.07) is 12.4. The maximum atomic E-state index is 13.4. The molecule has 0 unspecified atom stereocenters. The number of hydrogen-bond acceptors (Lipinski definition) is 6. The van der Waals surface area contributed by atoms with Gasteiger partial charge in [-0.3, -0.25) is 4.98 Å². The summed E-state index contributed by atoms with van der Waals surface area (Å²) in [5.41, 5.74) is 7.29. The van der Waals surface area contributed by atoms with Crippen LogP contribution in [0.1, 0.15) is 24.2 Å². The standard InChI is InChI=1S/C24H19FN2O5/c1-13(2)30-19-11-18-20(10-17(19)15-4-3-9-27-12-15)31-22(14-5-7-16(25)8-6-14)21(18)23(28)32-24(26)29/h3-13H,1-2H3,(H2,26,29). The molecule has 2 heterocycles. The number of benzene rings is 2. The summed E-state index contributed by atoms with van der Waals surface area (Å²) in [6.45, 7) is 3.75. The van der Waals surface area contributed by atoms with Crippen molar-refractivity contribution in [1.82, 2.24) is 4.98 Å². The van der Waals surface area contributed by atoms with Crippen LogP contribution >= 0.6 is 0 Å². The maximum Gasteiger partial charge on any atom is 0.412 e. The van der Waals surface area contributed by atoms with Gasteiger partial charge in [-0.1, -0.05) is 6.07 Å². The van der Waals surface area contributed by atoms with E-state index in [1.165, 1.54) is 24.3 Å². The average molecular weight is 434 g/mol. The number of aromatic nitrogens is 1. The van der Waals surface area contributed by atoms with Gasteiger partial charge < -0.3 is 19.6 Å². The Morgan fingerprint density at radius 1 is 1.09 bits per heavy atom. The molecule has 2 aromatic carbocycles. The third-order valence-corrected chi connectivity index (χ3v) is 4.63. The van der Waals surface area contributed by atoms with Crippen molar-refractivity contribution in [2.75, 3.05) is 0 Å². The number of hydrogen-bond donors (Lipinski definition) is 1. The first-order valence-electron chi connectivity index (χ1n) is 9.78. The van der Waals surface area contributed by atoms with E-state index in [0.717, 1.165) is 5.56 Å². The first kappa shape index (κ1) is 21.0. The van der Waals surface area contributed by atoms with E-state index in [4.69, 9.17) is 14.9 Å². The molecule has 0 fully saturated rings. The van der Waals surface area contributed by atoms with Gasteiger partial charge in [-0.2, -0.15) is 0 Å². The molecule has 0 spiro atoms. The summed E-state index contributed by atoms with van der Waals surface area (Å²) in [4.78, 5) is 28.2. The third-order valence-electron chi connectivity index (χ3n) is 4.63. The number of furan rings is 1. The van der Waals surface area contributed by atoms with Gasteiger partial charge in [-0.15, -0.1) is 0 Å². The van der Waals surface area contributed by atoms with Gasteiger partial charge in [0.05, 0.1) is 6.10 Å². The van der Waals surface area contributed by atoms with E-state index < -0.39 is 17.9 Å². The summed E-state index contributed by atoms with van der Waals surface area (Å²) in [5, 5.41) is 0.360. The predicted octanol–water partition coefficient (Wildman–Crippen LogP) is 5.32. The van der Waals surface area contributed by atoms with Gasteiger partial charge in [0.15, 0.2) is 0 Å². The Morgan fingerprint density at radius 3 is 2.47 bits per heavy atom. The normalized spacial score (nSPS) is 11.0. The second-order valence-corrected chi connectivity index (χ2v) is 7.27. The zero-order valence-electron chi connectivity index (χ0n) is 17.3. The lowest BCUT2D eigenvalue weighted by Crippen LogP contribution is -2.18. The Kier molecular flexibility index (Phi) is 5.59. The van der Waals surface area contributed by atoms with E-state index in [9.17, 15) is 14.0 Å². The van der Waals surface area contributed by atoms with E-state index in [0.29, 0.717) is 27.8 Å². The Balaban J connectivity index is 2.00. The first-order valence-corrected chi connectivity index (χ1v) is 9.78. The van der Waals surface area contributed by atoms with Crippen molar-refractivity contribution in [1.29, 1.82) is 0 Å². The van der Waals surface area contributed by atoms with E-state index in [2.05, 4.69) is 9.72 Å². The number of carbonyl (C=O) groups is 2. The van der Waals surface area contributed by atoms with Crippen LogP contribution in [0.2, 0.25) is 0 Å². The van der Waals surface area contributed by atoms with Gasteiger partial charge in [0.1, 0.15) is 28.5 Å². The van der Waals surface area contributed by atoms with Crippen molar-refractivity contribution in [3.63, 3.8) is 0 Å². The molecule has 4 rings (SSSR count). The molecule has 0 aliphatic rings. The molecular formula is C24H19FN2O5. The van der Waals surface area contributed by atoms with Crippen molar-refractivity contribution >= 4 is 23.0 Å². The fraction of sp³-hybridized carbons (Fsp3) is 0.125. The molecule has 162 valence electrons. The van der Waals surface area contributed by atoms with Crippen LogP contribution in [0.25, 0.3) is 33.4 Å². The minimum atomic E-state index is -1.25. The van der Waals surface area contributed by atoms with Crippen molar-refractivity contribution in [2.45, 2.75) is 20.0 Å². The maximum absolute atomic E-state index is 13.4. The van der Waals surface area contributed by atoms with Crippen LogP contribution < -0.4 is 10.5 Å². The monoisotopic (exact) mass is 434 g/mol. The lowest BCUT2D eigenvalue weighted by Gasteiger charge is -2.14. The smallest absolute Gasteiger partial charge is 0.412 e. The Bertz CT molecular complexity index is 1300. The van der Waals surface area contributed by atoms with Gasteiger partial charge in [0.25, 0.3) is 0 Å². The molecule has 2 N–H and O–H groups in total. The number of amides is 1. The zero-order chi connectivity index (χ0) is 22.8. The fourth-order valence-corrected chi connectivity index (χ4v) is 3.37. The molecule has 2 aromatic heterocycles. The summed E-state index contributed by atoms with van der Waals surface area (Å²) in [5.74, 6) is -0.831. The number of halogens is 1. The van der Waals surface area contributed by atoms with Crippen LogP contribution in [-0.2, 0) is 4.74 Å². The molecule has 0 saturated carbocycles. The third kappa shape index (κ3) is 4.15. The van der Waals surface area contributed by atoms with Crippen LogP contribution in [0.15, 0.2) is 65.3 Å². The lowest BCUT2D eigenvalue weighted by molar-refractivity contribution is 0.0640. The molecule has 0 aliphatic heterocycles. The topological polar surface area (TPSA) is 105 Å². The molecule has 0 bridgehead atoms. The van der Waals surface area contributed by atoms with Crippen molar-refractivity contribution in [3.8, 4) is 28.2 Å². The van der Waals surface area contributed by atoms with Crippen molar-refractivity contribution in [3.05, 3.63) is 72.3 Å². The molecule has 4 aromatic rings. The molecule has 8 heteroatoms. The SMILES string of the molecule is CC(C)Oc1cc2c(C(=O)OC(N)=O)c(-c3ccc(F)cc3)oc2cc1-c1cccnc1. The van der Waals surface area contributed by atoms with Crippen molar-refractivity contribution in [2.24, 2.45) is 5.73 Å². The molecule has 1 amide bonds. The lowest BCUT2D eigenvalue weighted by atomic mass is 10.0. The van der Waals surface area contributed by atoms with E-state index in [1.54, 1.807) is 30.6 Å². The van der Waals surface area contributed by atoms with Crippen LogP contribution in [0, 0.1) is 5.82 Å². The highest BCUT2D eigenvalue weighted by Crippen LogP contribution is 2.41. The van der Waals surface area contributed by atoms with Crippen molar-refractivity contribution < 1.29 is 27.9 Å².